The van der Waals surface area contributed by atoms with Crippen molar-refractivity contribution in [1.82, 2.24) is 5.32 Å². The van der Waals surface area contributed by atoms with E-state index in [1.165, 1.54) is 19.3 Å². The average molecular weight is 269 g/mol. The van der Waals surface area contributed by atoms with Crippen LogP contribution in [-0.4, -0.2) is 36.5 Å². The molecule has 0 bridgehead atoms. The SMILES string of the molecule is CC(C)(C)NC(N)=NCC1COC2(CCCCC2)O1. The zero-order chi connectivity index (χ0) is 13.9. The summed E-state index contributed by atoms with van der Waals surface area (Å²) in [4.78, 5) is 4.35. The summed E-state index contributed by atoms with van der Waals surface area (Å²) in [5, 5.41) is 3.15. The molecule has 1 heterocycles. The minimum atomic E-state index is -0.315. The first-order valence-electron chi connectivity index (χ1n) is 7.28. The average Bonchev–Trinajstić information content (AvgIpc) is 2.69. The summed E-state index contributed by atoms with van der Waals surface area (Å²) < 4.78 is 11.9. The van der Waals surface area contributed by atoms with Gasteiger partial charge in [-0.2, -0.15) is 0 Å². The van der Waals surface area contributed by atoms with E-state index in [4.69, 9.17) is 15.2 Å². The van der Waals surface area contributed by atoms with Crippen LogP contribution in [0, 0.1) is 0 Å². The predicted octanol–water partition coefficient (Wildman–Crippen LogP) is 1.76. The largest absolute Gasteiger partial charge is 0.370 e. The third-order valence-electron chi connectivity index (χ3n) is 3.50. The molecule has 1 aliphatic heterocycles. The Morgan fingerprint density at radius 2 is 2.00 bits per heavy atom. The van der Waals surface area contributed by atoms with Gasteiger partial charge in [-0.25, -0.2) is 0 Å². The molecule has 5 heteroatoms. The van der Waals surface area contributed by atoms with E-state index in [1.807, 2.05) is 0 Å². The number of nitrogens with zero attached hydrogens (tertiary/aromatic N) is 1. The van der Waals surface area contributed by atoms with Gasteiger partial charge >= 0.3 is 0 Å². The highest BCUT2D eigenvalue weighted by Gasteiger charge is 2.42. The quantitative estimate of drug-likeness (QED) is 0.592. The van der Waals surface area contributed by atoms with Crippen LogP contribution in [0.1, 0.15) is 52.9 Å². The number of hydrogen-bond donors (Lipinski definition) is 2. The zero-order valence-corrected chi connectivity index (χ0v) is 12.4. The first-order valence-corrected chi connectivity index (χ1v) is 7.28. The Kier molecular flexibility index (Phi) is 4.36. The van der Waals surface area contributed by atoms with Crippen molar-refractivity contribution in [1.29, 1.82) is 0 Å². The van der Waals surface area contributed by atoms with Gasteiger partial charge < -0.3 is 20.5 Å². The van der Waals surface area contributed by atoms with Crippen molar-refractivity contribution in [2.75, 3.05) is 13.2 Å². The normalized spacial score (nSPS) is 27.7. The van der Waals surface area contributed by atoms with Crippen molar-refractivity contribution in [2.45, 2.75) is 70.3 Å². The molecule has 1 aliphatic carbocycles. The lowest BCUT2D eigenvalue weighted by molar-refractivity contribution is -0.186. The Bertz CT molecular complexity index is 330. The lowest BCUT2D eigenvalue weighted by atomic mass is 9.94. The molecule has 3 N–H and O–H groups in total. The number of hydrogen-bond acceptors (Lipinski definition) is 3. The summed E-state index contributed by atoms with van der Waals surface area (Å²) in [5.41, 5.74) is 5.79. The molecule has 2 rings (SSSR count). The van der Waals surface area contributed by atoms with E-state index in [9.17, 15) is 0 Å². The Hall–Kier alpha value is -0.810. The number of aliphatic imine (C=N–C) groups is 1. The number of nitrogens with two attached hydrogens (primary N) is 1. The Balaban J connectivity index is 1.80. The number of guanidine groups is 1. The number of nitrogens with one attached hydrogen (secondary N) is 1. The topological polar surface area (TPSA) is 68.9 Å². The van der Waals surface area contributed by atoms with Gasteiger partial charge in [0.25, 0.3) is 0 Å². The van der Waals surface area contributed by atoms with Crippen molar-refractivity contribution in [3.63, 3.8) is 0 Å². The van der Waals surface area contributed by atoms with Crippen molar-refractivity contribution in [3.05, 3.63) is 0 Å². The minimum Gasteiger partial charge on any atom is -0.370 e. The van der Waals surface area contributed by atoms with Crippen LogP contribution in [0.3, 0.4) is 0 Å². The van der Waals surface area contributed by atoms with Gasteiger partial charge in [-0.1, -0.05) is 6.42 Å². The first-order chi connectivity index (χ1) is 8.89. The lowest BCUT2D eigenvalue weighted by Crippen LogP contribution is -2.45. The minimum absolute atomic E-state index is 0.0402. The molecule has 1 saturated heterocycles. The summed E-state index contributed by atoms with van der Waals surface area (Å²) >= 11 is 0. The standard InChI is InChI=1S/C14H27N3O2/c1-13(2,3)17-12(15)16-9-11-10-18-14(19-11)7-5-4-6-8-14/h11H,4-10H2,1-3H3,(H3,15,16,17). The Morgan fingerprint density at radius 3 is 2.63 bits per heavy atom. The highest BCUT2D eigenvalue weighted by Crippen LogP contribution is 2.37. The van der Waals surface area contributed by atoms with E-state index in [1.54, 1.807) is 0 Å². The van der Waals surface area contributed by atoms with Gasteiger partial charge in [-0.05, 0) is 33.6 Å². The monoisotopic (exact) mass is 269 g/mol. The molecule has 0 aromatic heterocycles. The van der Waals surface area contributed by atoms with Crippen molar-refractivity contribution in [2.24, 2.45) is 10.7 Å². The van der Waals surface area contributed by atoms with Gasteiger partial charge in [0.2, 0.25) is 0 Å². The molecule has 1 unspecified atom stereocenters. The molecule has 0 amide bonds. The van der Waals surface area contributed by atoms with Crippen LogP contribution in [0.2, 0.25) is 0 Å². The maximum absolute atomic E-state index is 6.06. The molecule has 0 aromatic rings. The molecule has 2 fully saturated rings. The van der Waals surface area contributed by atoms with Crippen molar-refractivity contribution < 1.29 is 9.47 Å². The first kappa shape index (κ1) is 14.6. The Morgan fingerprint density at radius 1 is 1.32 bits per heavy atom. The molecule has 0 aromatic carbocycles. The molecule has 5 nitrogen and oxygen atoms in total. The number of ether oxygens (including phenoxy) is 2. The van der Waals surface area contributed by atoms with Gasteiger partial charge in [0.1, 0.15) is 6.10 Å². The highest BCUT2D eigenvalue weighted by molar-refractivity contribution is 5.78. The fourth-order valence-corrected chi connectivity index (χ4v) is 2.68. The van der Waals surface area contributed by atoms with Crippen LogP contribution in [0.25, 0.3) is 0 Å². The second-order valence-electron chi connectivity index (χ2n) is 6.62. The molecule has 1 saturated carbocycles. The van der Waals surface area contributed by atoms with E-state index in [2.05, 4.69) is 31.1 Å². The summed E-state index contributed by atoms with van der Waals surface area (Å²) in [7, 11) is 0. The maximum Gasteiger partial charge on any atom is 0.189 e. The van der Waals surface area contributed by atoms with E-state index in [0.717, 1.165) is 12.8 Å². The molecule has 2 aliphatic rings. The molecular formula is C14H27N3O2. The summed E-state index contributed by atoms with van der Waals surface area (Å²) in [5.74, 6) is 0.158. The fourth-order valence-electron chi connectivity index (χ4n) is 2.68. The Labute approximate surface area is 115 Å². The lowest BCUT2D eigenvalue weighted by Gasteiger charge is -2.31. The smallest absolute Gasteiger partial charge is 0.189 e. The second kappa shape index (κ2) is 5.67. The maximum atomic E-state index is 6.06. The predicted molar refractivity (Wildman–Crippen MR) is 76.0 cm³/mol. The van der Waals surface area contributed by atoms with Crippen LogP contribution >= 0.6 is 0 Å². The van der Waals surface area contributed by atoms with Gasteiger partial charge in [-0.15, -0.1) is 0 Å². The van der Waals surface area contributed by atoms with Crippen LogP contribution in [0.4, 0.5) is 0 Å². The van der Waals surface area contributed by atoms with Crippen LogP contribution in [0.15, 0.2) is 4.99 Å². The molecule has 19 heavy (non-hydrogen) atoms. The second-order valence-corrected chi connectivity index (χ2v) is 6.62. The number of rotatable bonds is 2. The van der Waals surface area contributed by atoms with Gasteiger partial charge in [0.05, 0.1) is 13.2 Å². The third-order valence-corrected chi connectivity index (χ3v) is 3.50. The van der Waals surface area contributed by atoms with Gasteiger partial charge in [0, 0.05) is 18.4 Å². The van der Waals surface area contributed by atoms with Crippen LogP contribution in [-0.2, 0) is 9.47 Å². The van der Waals surface area contributed by atoms with E-state index < -0.39 is 0 Å². The van der Waals surface area contributed by atoms with Gasteiger partial charge in [0.15, 0.2) is 11.7 Å². The summed E-state index contributed by atoms with van der Waals surface area (Å²) in [6, 6.07) is 0. The van der Waals surface area contributed by atoms with E-state index in [0.29, 0.717) is 19.1 Å². The fraction of sp³-hybridized carbons (Fsp3) is 0.929. The molecular weight excluding hydrogens is 242 g/mol. The highest BCUT2D eigenvalue weighted by atomic mass is 16.7. The van der Waals surface area contributed by atoms with Crippen LogP contribution in [0.5, 0.6) is 0 Å². The summed E-state index contributed by atoms with van der Waals surface area (Å²) in [6.07, 6.45) is 5.76. The molecule has 0 radical (unpaired) electrons. The van der Waals surface area contributed by atoms with Crippen LogP contribution < -0.4 is 11.1 Å². The van der Waals surface area contributed by atoms with Crippen molar-refractivity contribution in [3.8, 4) is 0 Å². The van der Waals surface area contributed by atoms with E-state index >= 15 is 0 Å². The third kappa shape index (κ3) is 4.35. The van der Waals surface area contributed by atoms with E-state index in [-0.39, 0.29) is 17.4 Å². The molecule has 1 spiro atoms. The zero-order valence-electron chi connectivity index (χ0n) is 12.4. The molecule has 110 valence electrons. The summed E-state index contributed by atoms with van der Waals surface area (Å²) in [6.45, 7) is 7.37. The van der Waals surface area contributed by atoms with Gasteiger partial charge in [-0.3, -0.25) is 4.99 Å². The molecule has 1 atom stereocenters. The van der Waals surface area contributed by atoms with Crippen molar-refractivity contribution >= 4 is 5.96 Å².